The molecule has 0 saturated carbocycles. The van der Waals surface area contributed by atoms with Crippen LogP contribution in [-0.2, 0) is 11.3 Å². The number of hydrogen-bond donors (Lipinski definition) is 2. The fraction of sp³-hybridized carbons (Fsp3) is 0.462. The molecule has 0 radical (unpaired) electrons. The van der Waals surface area contributed by atoms with Gasteiger partial charge in [0.1, 0.15) is 0 Å². The van der Waals surface area contributed by atoms with Gasteiger partial charge in [-0.2, -0.15) is 0 Å². The lowest BCUT2D eigenvalue weighted by Gasteiger charge is -2.25. The van der Waals surface area contributed by atoms with E-state index in [0.717, 1.165) is 5.56 Å². The minimum absolute atomic E-state index is 0.101. The molecule has 0 aliphatic rings. The summed E-state index contributed by atoms with van der Waals surface area (Å²) in [4.78, 5) is 11.7. The summed E-state index contributed by atoms with van der Waals surface area (Å²) in [6, 6.07) is 9.32. The molecule has 0 heterocycles. The second-order valence-electron chi connectivity index (χ2n) is 5.05. The van der Waals surface area contributed by atoms with Gasteiger partial charge in [0.05, 0.1) is 6.04 Å². The second kappa shape index (κ2) is 5.12. The number of rotatable bonds is 3. The molecule has 1 atom stereocenters. The van der Waals surface area contributed by atoms with E-state index in [1.54, 1.807) is 0 Å². The molecule has 0 spiro atoms. The van der Waals surface area contributed by atoms with Crippen LogP contribution in [0.2, 0.25) is 0 Å². The Kier molecular flexibility index (Phi) is 4.07. The summed E-state index contributed by atoms with van der Waals surface area (Å²) in [5.41, 5.74) is 6.72. The van der Waals surface area contributed by atoms with E-state index < -0.39 is 6.04 Å². The van der Waals surface area contributed by atoms with Crippen LogP contribution in [0, 0.1) is 5.41 Å². The third-order valence-electron chi connectivity index (χ3n) is 2.53. The summed E-state index contributed by atoms with van der Waals surface area (Å²) in [5, 5.41) is 2.84. The summed E-state index contributed by atoms with van der Waals surface area (Å²) in [5.74, 6) is -0.101. The maximum atomic E-state index is 11.7. The van der Waals surface area contributed by atoms with Crippen molar-refractivity contribution in [3.63, 3.8) is 0 Å². The van der Waals surface area contributed by atoms with Crippen LogP contribution < -0.4 is 11.1 Å². The van der Waals surface area contributed by atoms with Crippen LogP contribution in [0.3, 0.4) is 0 Å². The highest BCUT2D eigenvalue weighted by molar-refractivity contribution is 5.82. The number of carbonyl (C=O) groups excluding carboxylic acids is 1. The normalized spacial score (nSPS) is 13.2. The van der Waals surface area contributed by atoms with Crippen molar-refractivity contribution in [2.75, 3.05) is 0 Å². The average molecular weight is 220 g/mol. The number of amides is 1. The van der Waals surface area contributed by atoms with Crippen LogP contribution >= 0.6 is 0 Å². The first-order chi connectivity index (χ1) is 7.41. The van der Waals surface area contributed by atoms with E-state index in [4.69, 9.17) is 5.73 Å². The van der Waals surface area contributed by atoms with Crippen molar-refractivity contribution < 1.29 is 4.79 Å². The lowest BCUT2D eigenvalue weighted by atomic mass is 9.87. The van der Waals surface area contributed by atoms with Gasteiger partial charge in [0, 0.05) is 6.54 Å². The maximum absolute atomic E-state index is 11.7. The van der Waals surface area contributed by atoms with Gasteiger partial charge in [-0.25, -0.2) is 0 Å². The molecule has 1 aromatic rings. The fourth-order valence-electron chi connectivity index (χ4n) is 1.29. The average Bonchev–Trinajstić information content (AvgIpc) is 2.25. The van der Waals surface area contributed by atoms with E-state index >= 15 is 0 Å². The Morgan fingerprint density at radius 1 is 1.31 bits per heavy atom. The van der Waals surface area contributed by atoms with Crippen LogP contribution in [0.1, 0.15) is 26.3 Å². The standard InChI is InChI=1S/C13H20N2O/c1-13(2,3)11(14)12(16)15-9-10-7-5-4-6-8-10/h4-8,11H,9,14H2,1-3H3,(H,15,16). The third kappa shape index (κ3) is 3.66. The summed E-state index contributed by atoms with van der Waals surface area (Å²) < 4.78 is 0. The molecule has 0 aliphatic heterocycles. The van der Waals surface area contributed by atoms with E-state index in [-0.39, 0.29) is 11.3 Å². The number of nitrogens with two attached hydrogens (primary N) is 1. The molecule has 88 valence electrons. The highest BCUT2D eigenvalue weighted by Gasteiger charge is 2.26. The molecular weight excluding hydrogens is 200 g/mol. The summed E-state index contributed by atoms with van der Waals surface area (Å²) in [6.07, 6.45) is 0. The zero-order valence-corrected chi connectivity index (χ0v) is 10.2. The first-order valence-corrected chi connectivity index (χ1v) is 5.48. The van der Waals surface area contributed by atoms with E-state index in [1.165, 1.54) is 0 Å². The minimum atomic E-state index is -0.476. The van der Waals surface area contributed by atoms with Crippen LogP contribution in [0.15, 0.2) is 30.3 Å². The van der Waals surface area contributed by atoms with Crippen molar-refractivity contribution in [1.82, 2.24) is 5.32 Å². The monoisotopic (exact) mass is 220 g/mol. The number of nitrogens with one attached hydrogen (secondary N) is 1. The largest absolute Gasteiger partial charge is 0.351 e. The summed E-state index contributed by atoms with van der Waals surface area (Å²) in [6.45, 7) is 6.41. The number of benzene rings is 1. The molecule has 1 unspecified atom stereocenters. The van der Waals surface area contributed by atoms with Crippen molar-refractivity contribution in [1.29, 1.82) is 0 Å². The Bertz CT molecular complexity index is 341. The highest BCUT2D eigenvalue weighted by atomic mass is 16.2. The van der Waals surface area contributed by atoms with Gasteiger partial charge in [0.15, 0.2) is 0 Å². The summed E-state index contributed by atoms with van der Waals surface area (Å²) >= 11 is 0. The quantitative estimate of drug-likeness (QED) is 0.814. The topological polar surface area (TPSA) is 55.1 Å². The maximum Gasteiger partial charge on any atom is 0.237 e. The van der Waals surface area contributed by atoms with Crippen molar-refractivity contribution in [2.45, 2.75) is 33.4 Å². The van der Waals surface area contributed by atoms with Crippen molar-refractivity contribution in [3.05, 3.63) is 35.9 Å². The van der Waals surface area contributed by atoms with Gasteiger partial charge in [0.25, 0.3) is 0 Å². The summed E-state index contributed by atoms with van der Waals surface area (Å²) in [7, 11) is 0. The number of carbonyl (C=O) groups is 1. The van der Waals surface area contributed by atoms with Gasteiger partial charge >= 0.3 is 0 Å². The SMILES string of the molecule is CC(C)(C)C(N)C(=O)NCc1ccccc1. The van der Waals surface area contributed by atoms with E-state index in [2.05, 4.69) is 5.32 Å². The molecule has 0 fully saturated rings. The van der Waals surface area contributed by atoms with Crippen LogP contribution in [0.25, 0.3) is 0 Å². The molecule has 0 bridgehead atoms. The lowest BCUT2D eigenvalue weighted by molar-refractivity contribution is -0.124. The van der Waals surface area contributed by atoms with E-state index in [1.807, 2.05) is 51.1 Å². The first kappa shape index (κ1) is 12.7. The Morgan fingerprint density at radius 2 is 1.88 bits per heavy atom. The molecular formula is C13H20N2O. The van der Waals surface area contributed by atoms with Gasteiger partial charge in [-0.15, -0.1) is 0 Å². The zero-order valence-electron chi connectivity index (χ0n) is 10.2. The predicted molar refractivity (Wildman–Crippen MR) is 65.7 cm³/mol. The Morgan fingerprint density at radius 3 is 2.38 bits per heavy atom. The van der Waals surface area contributed by atoms with Gasteiger partial charge in [0.2, 0.25) is 5.91 Å². The van der Waals surface area contributed by atoms with Crippen molar-refractivity contribution in [3.8, 4) is 0 Å². The van der Waals surface area contributed by atoms with Gasteiger partial charge in [-0.3, -0.25) is 4.79 Å². The van der Waals surface area contributed by atoms with Crippen molar-refractivity contribution >= 4 is 5.91 Å². The molecule has 1 amide bonds. The predicted octanol–water partition coefficient (Wildman–Crippen LogP) is 1.68. The van der Waals surface area contributed by atoms with Crippen LogP contribution in [0.4, 0.5) is 0 Å². The second-order valence-corrected chi connectivity index (χ2v) is 5.05. The zero-order chi connectivity index (χ0) is 12.2. The van der Waals surface area contributed by atoms with Crippen molar-refractivity contribution in [2.24, 2.45) is 11.1 Å². The lowest BCUT2D eigenvalue weighted by Crippen LogP contribution is -2.48. The molecule has 3 N–H and O–H groups in total. The van der Waals surface area contributed by atoms with Gasteiger partial charge in [-0.1, -0.05) is 51.1 Å². The van der Waals surface area contributed by atoms with Gasteiger partial charge < -0.3 is 11.1 Å². The first-order valence-electron chi connectivity index (χ1n) is 5.48. The Balaban J connectivity index is 2.48. The Hall–Kier alpha value is -1.35. The fourth-order valence-corrected chi connectivity index (χ4v) is 1.29. The van der Waals surface area contributed by atoms with E-state index in [0.29, 0.717) is 6.54 Å². The molecule has 1 aromatic carbocycles. The molecule has 16 heavy (non-hydrogen) atoms. The molecule has 0 aliphatic carbocycles. The smallest absolute Gasteiger partial charge is 0.237 e. The van der Waals surface area contributed by atoms with E-state index in [9.17, 15) is 4.79 Å². The number of hydrogen-bond acceptors (Lipinski definition) is 2. The third-order valence-corrected chi connectivity index (χ3v) is 2.53. The Labute approximate surface area is 97.0 Å². The van der Waals surface area contributed by atoms with Crippen LogP contribution in [0.5, 0.6) is 0 Å². The molecule has 3 heteroatoms. The highest BCUT2D eigenvalue weighted by Crippen LogP contribution is 2.17. The molecule has 0 aromatic heterocycles. The minimum Gasteiger partial charge on any atom is -0.351 e. The van der Waals surface area contributed by atoms with Gasteiger partial charge in [-0.05, 0) is 11.0 Å². The van der Waals surface area contributed by atoms with Crippen LogP contribution in [-0.4, -0.2) is 11.9 Å². The molecule has 0 saturated heterocycles. The molecule has 3 nitrogen and oxygen atoms in total. The molecule has 1 rings (SSSR count).